The number of benzene rings is 1. The molecule has 0 spiro atoms. The van der Waals surface area contributed by atoms with Gasteiger partial charge in [0, 0.05) is 12.7 Å². The molecule has 5 atom stereocenters. The van der Waals surface area contributed by atoms with E-state index in [1.807, 2.05) is 0 Å². The Bertz CT molecular complexity index is 581. The van der Waals surface area contributed by atoms with Gasteiger partial charge >= 0.3 is 0 Å². The zero-order valence-corrected chi connectivity index (χ0v) is 13.7. The monoisotopic (exact) mass is 354 g/mol. The average molecular weight is 354 g/mol. The minimum Gasteiger partial charge on any atom is -0.394 e. The zero-order chi connectivity index (χ0) is 18.4. The van der Waals surface area contributed by atoms with Crippen LogP contribution in [0.1, 0.15) is 10.4 Å². The lowest BCUT2D eigenvalue weighted by molar-refractivity contribution is -0.262. The third-order valence-electron chi connectivity index (χ3n) is 3.89. The van der Waals surface area contributed by atoms with E-state index in [9.17, 15) is 19.8 Å². The quantitative estimate of drug-likeness (QED) is 0.398. The molecule has 5 N–H and O–H groups in total. The number of ether oxygens (including phenoxy) is 2. The molecule has 1 heterocycles. The number of nitrogens with one attached hydrogen (secondary N) is 2. The summed E-state index contributed by atoms with van der Waals surface area (Å²) < 4.78 is 10.3. The molecule has 2 rings (SSSR count). The summed E-state index contributed by atoms with van der Waals surface area (Å²) in [4.78, 5) is 23.9. The van der Waals surface area contributed by atoms with Crippen LogP contribution in [0.2, 0.25) is 0 Å². The molecule has 9 heteroatoms. The number of hydrogen-bond acceptors (Lipinski definition) is 7. The molecule has 1 aromatic carbocycles. The highest BCUT2D eigenvalue weighted by atomic mass is 16.7. The summed E-state index contributed by atoms with van der Waals surface area (Å²) in [6, 6.07) is 7.34. The van der Waals surface area contributed by atoms with Crippen LogP contribution in [0.15, 0.2) is 30.3 Å². The van der Waals surface area contributed by atoms with Gasteiger partial charge in [-0.25, -0.2) is 0 Å². The van der Waals surface area contributed by atoms with Crippen LogP contribution in [0, 0.1) is 0 Å². The molecule has 1 aromatic rings. The lowest BCUT2D eigenvalue weighted by Crippen LogP contribution is -2.65. The van der Waals surface area contributed by atoms with E-state index < -0.39 is 49.1 Å². The summed E-state index contributed by atoms with van der Waals surface area (Å²) in [5.41, 5.74) is 0.410. The van der Waals surface area contributed by atoms with Gasteiger partial charge in [-0.2, -0.15) is 0 Å². The van der Waals surface area contributed by atoms with Gasteiger partial charge < -0.3 is 35.4 Å². The first-order valence-electron chi connectivity index (χ1n) is 7.75. The van der Waals surface area contributed by atoms with E-state index >= 15 is 0 Å². The molecular weight excluding hydrogens is 332 g/mol. The minimum atomic E-state index is -1.40. The van der Waals surface area contributed by atoms with Crippen LogP contribution in [-0.2, 0) is 14.3 Å². The Morgan fingerprint density at radius 1 is 1.20 bits per heavy atom. The van der Waals surface area contributed by atoms with Gasteiger partial charge in [0.2, 0.25) is 5.91 Å². The van der Waals surface area contributed by atoms with Crippen molar-refractivity contribution in [3.05, 3.63) is 35.9 Å². The molecule has 0 unspecified atom stereocenters. The van der Waals surface area contributed by atoms with E-state index in [0.717, 1.165) is 0 Å². The van der Waals surface area contributed by atoms with E-state index in [-0.39, 0.29) is 6.54 Å². The second kappa shape index (κ2) is 8.88. The van der Waals surface area contributed by atoms with E-state index in [1.54, 1.807) is 30.3 Å². The minimum absolute atomic E-state index is 0.326. The topological polar surface area (TPSA) is 137 Å². The highest BCUT2D eigenvalue weighted by Gasteiger charge is 2.45. The lowest BCUT2D eigenvalue weighted by Gasteiger charge is -2.41. The highest BCUT2D eigenvalue weighted by molar-refractivity contribution is 5.96. The molecule has 1 fully saturated rings. The fourth-order valence-corrected chi connectivity index (χ4v) is 2.53. The number of carbonyl (C=O) groups is 2. The Labute approximate surface area is 144 Å². The van der Waals surface area contributed by atoms with Gasteiger partial charge in [-0.15, -0.1) is 0 Å². The summed E-state index contributed by atoms with van der Waals surface area (Å²) in [6.45, 7) is -0.835. The normalized spacial score (nSPS) is 29.0. The van der Waals surface area contributed by atoms with Crippen molar-refractivity contribution in [3.8, 4) is 0 Å². The second-order valence-electron chi connectivity index (χ2n) is 5.58. The molecule has 1 aliphatic heterocycles. The van der Waals surface area contributed by atoms with Crippen molar-refractivity contribution in [2.45, 2.75) is 30.6 Å². The number of aliphatic hydroxyl groups excluding tert-OH is 3. The van der Waals surface area contributed by atoms with Crippen molar-refractivity contribution in [1.29, 1.82) is 0 Å². The average Bonchev–Trinajstić information content (AvgIpc) is 2.64. The van der Waals surface area contributed by atoms with Gasteiger partial charge in [0.1, 0.15) is 24.4 Å². The van der Waals surface area contributed by atoms with Crippen LogP contribution in [0.5, 0.6) is 0 Å². The molecule has 0 bridgehead atoms. The summed E-state index contributed by atoms with van der Waals surface area (Å²) in [5.74, 6) is -1.01. The Morgan fingerprint density at radius 3 is 2.48 bits per heavy atom. The first-order valence-corrected chi connectivity index (χ1v) is 7.75. The van der Waals surface area contributed by atoms with Gasteiger partial charge in [0.15, 0.2) is 6.29 Å². The van der Waals surface area contributed by atoms with E-state index in [4.69, 9.17) is 14.6 Å². The molecule has 2 amide bonds. The number of aliphatic hydroxyl groups is 3. The Morgan fingerprint density at radius 2 is 1.88 bits per heavy atom. The highest BCUT2D eigenvalue weighted by Crippen LogP contribution is 2.21. The smallest absolute Gasteiger partial charge is 0.251 e. The zero-order valence-electron chi connectivity index (χ0n) is 13.7. The van der Waals surface area contributed by atoms with Crippen molar-refractivity contribution in [1.82, 2.24) is 10.6 Å². The number of hydrogen-bond donors (Lipinski definition) is 5. The SMILES string of the molecule is CO[C@@H]1O[C@H](CO)[C@@H](O)[C@H](O)[C@H]1NC(=O)CNC(=O)c1ccccc1. The first kappa shape index (κ1) is 19.3. The molecular formula is C16H22N2O7. The summed E-state index contributed by atoms with van der Waals surface area (Å²) in [5, 5.41) is 34.0. The molecule has 0 saturated carbocycles. The van der Waals surface area contributed by atoms with Gasteiger partial charge in [-0.3, -0.25) is 9.59 Å². The molecule has 138 valence electrons. The second-order valence-corrected chi connectivity index (χ2v) is 5.58. The van der Waals surface area contributed by atoms with Crippen LogP contribution in [0.3, 0.4) is 0 Å². The molecule has 0 aromatic heterocycles. The maximum absolute atomic E-state index is 12.0. The maximum atomic E-state index is 12.0. The molecule has 25 heavy (non-hydrogen) atoms. The van der Waals surface area contributed by atoms with Crippen LogP contribution >= 0.6 is 0 Å². The number of rotatable bonds is 6. The van der Waals surface area contributed by atoms with Gasteiger partial charge in [0.05, 0.1) is 13.2 Å². The first-order chi connectivity index (χ1) is 12.0. The van der Waals surface area contributed by atoms with E-state index in [1.165, 1.54) is 7.11 Å². The third kappa shape index (κ3) is 4.74. The van der Waals surface area contributed by atoms with Crippen molar-refractivity contribution < 1.29 is 34.4 Å². The standard InChI is InChI=1S/C16H22N2O7/c1-24-16-12(14(22)13(21)10(8-19)25-16)18-11(20)7-17-15(23)9-5-3-2-4-6-9/h2-6,10,12-14,16,19,21-22H,7-8H2,1H3,(H,17,23)(H,18,20)/t10-,12-,13-,14-,16-/m1/s1. The molecule has 9 nitrogen and oxygen atoms in total. The van der Waals surface area contributed by atoms with Crippen molar-refractivity contribution in [2.24, 2.45) is 0 Å². The van der Waals surface area contributed by atoms with Gasteiger partial charge in [-0.05, 0) is 12.1 Å². The van der Waals surface area contributed by atoms with E-state index in [0.29, 0.717) is 5.56 Å². The predicted molar refractivity (Wildman–Crippen MR) is 85.5 cm³/mol. The Balaban J connectivity index is 1.91. The predicted octanol–water partition coefficient (Wildman–Crippen LogP) is -2.01. The van der Waals surface area contributed by atoms with Crippen molar-refractivity contribution >= 4 is 11.8 Å². The third-order valence-corrected chi connectivity index (χ3v) is 3.89. The largest absolute Gasteiger partial charge is 0.394 e. The fourth-order valence-electron chi connectivity index (χ4n) is 2.53. The number of methoxy groups -OCH3 is 1. The summed E-state index contributed by atoms with van der Waals surface area (Å²) in [6.07, 6.45) is -4.86. The fraction of sp³-hybridized carbons (Fsp3) is 0.500. The molecule has 1 aliphatic rings. The van der Waals surface area contributed by atoms with Crippen LogP contribution in [0.25, 0.3) is 0 Å². The molecule has 0 radical (unpaired) electrons. The summed E-state index contributed by atoms with van der Waals surface area (Å²) in [7, 11) is 1.31. The summed E-state index contributed by atoms with van der Waals surface area (Å²) >= 11 is 0. The Hall–Kier alpha value is -2.04. The molecule has 1 saturated heterocycles. The Kier molecular flexibility index (Phi) is 6.85. The lowest BCUT2D eigenvalue weighted by atomic mass is 9.97. The van der Waals surface area contributed by atoms with Gasteiger partial charge in [-0.1, -0.05) is 18.2 Å². The van der Waals surface area contributed by atoms with Crippen molar-refractivity contribution in [2.75, 3.05) is 20.3 Å². The number of amides is 2. The van der Waals surface area contributed by atoms with Crippen molar-refractivity contribution in [3.63, 3.8) is 0 Å². The van der Waals surface area contributed by atoms with Crippen LogP contribution in [-0.4, -0.2) is 78.0 Å². The van der Waals surface area contributed by atoms with Crippen LogP contribution < -0.4 is 10.6 Å². The maximum Gasteiger partial charge on any atom is 0.251 e. The van der Waals surface area contributed by atoms with E-state index in [2.05, 4.69) is 10.6 Å². The van der Waals surface area contributed by atoms with Gasteiger partial charge in [0.25, 0.3) is 5.91 Å². The molecule has 0 aliphatic carbocycles. The number of carbonyl (C=O) groups excluding carboxylic acids is 2. The van der Waals surface area contributed by atoms with Crippen LogP contribution in [0.4, 0.5) is 0 Å².